The fraction of sp³-hybridized carbons (Fsp3) is 0.938. The van der Waals surface area contributed by atoms with Crippen LogP contribution < -0.4 is 5.32 Å². The number of carboxylic acids is 1. The van der Waals surface area contributed by atoms with E-state index in [4.69, 9.17) is 0 Å². The highest BCUT2D eigenvalue weighted by atomic mass is 16.4. The first-order valence-electron chi connectivity index (χ1n) is 8.37. The standard InChI is InChI=1S/C16H30N2O2/c1-3-17-16(15(19)20)11-7-10-14(12-16)18(4-2)13-8-5-6-9-13/h13-14,17H,3-12H2,1-2H3,(H,19,20). The summed E-state index contributed by atoms with van der Waals surface area (Å²) in [7, 11) is 0. The molecular weight excluding hydrogens is 252 g/mol. The Morgan fingerprint density at radius 2 is 1.85 bits per heavy atom. The van der Waals surface area contributed by atoms with Gasteiger partial charge in [0.2, 0.25) is 0 Å². The van der Waals surface area contributed by atoms with Crippen LogP contribution in [0.2, 0.25) is 0 Å². The third-order valence-electron chi connectivity index (χ3n) is 5.28. The number of nitrogens with zero attached hydrogens (tertiary/aromatic N) is 1. The first kappa shape index (κ1) is 15.8. The van der Waals surface area contributed by atoms with E-state index >= 15 is 0 Å². The van der Waals surface area contributed by atoms with Gasteiger partial charge in [-0.1, -0.05) is 26.7 Å². The molecule has 0 heterocycles. The van der Waals surface area contributed by atoms with Gasteiger partial charge >= 0.3 is 5.97 Å². The summed E-state index contributed by atoms with van der Waals surface area (Å²) in [5, 5.41) is 12.9. The Balaban J connectivity index is 2.09. The second-order valence-electron chi connectivity index (χ2n) is 6.44. The zero-order valence-electron chi connectivity index (χ0n) is 13.0. The SMILES string of the molecule is CCNC1(C(=O)O)CCCC(N(CC)C2CCCC2)C1. The number of carboxylic acid groups (broad SMARTS) is 1. The molecule has 2 N–H and O–H groups in total. The van der Waals surface area contributed by atoms with Crippen LogP contribution in [0.5, 0.6) is 0 Å². The van der Waals surface area contributed by atoms with Crippen molar-refractivity contribution >= 4 is 5.97 Å². The van der Waals surface area contributed by atoms with Crippen molar-refractivity contribution < 1.29 is 9.90 Å². The molecule has 2 fully saturated rings. The summed E-state index contributed by atoms with van der Waals surface area (Å²) < 4.78 is 0. The van der Waals surface area contributed by atoms with E-state index in [0.29, 0.717) is 12.1 Å². The summed E-state index contributed by atoms with van der Waals surface area (Å²) in [5.74, 6) is -0.661. The van der Waals surface area contributed by atoms with Crippen LogP contribution in [0.1, 0.15) is 65.2 Å². The first-order chi connectivity index (χ1) is 9.63. The van der Waals surface area contributed by atoms with Crippen LogP contribution in [0.3, 0.4) is 0 Å². The highest BCUT2D eigenvalue weighted by Gasteiger charge is 2.44. The van der Waals surface area contributed by atoms with Gasteiger partial charge < -0.3 is 10.4 Å². The van der Waals surface area contributed by atoms with E-state index in [-0.39, 0.29) is 0 Å². The van der Waals surface area contributed by atoms with Crippen molar-refractivity contribution in [3.05, 3.63) is 0 Å². The molecule has 20 heavy (non-hydrogen) atoms. The Morgan fingerprint density at radius 3 is 2.40 bits per heavy atom. The smallest absolute Gasteiger partial charge is 0.323 e. The molecule has 0 amide bonds. The van der Waals surface area contributed by atoms with E-state index in [9.17, 15) is 9.90 Å². The molecule has 4 heteroatoms. The minimum atomic E-state index is -0.691. The first-order valence-corrected chi connectivity index (χ1v) is 8.37. The summed E-state index contributed by atoms with van der Waals surface area (Å²) >= 11 is 0. The van der Waals surface area contributed by atoms with Crippen molar-refractivity contribution in [3.8, 4) is 0 Å². The number of nitrogens with one attached hydrogen (secondary N) is 1. The average Bonchev–Trinajstić information content (AvgIpc) is 2.94. The topological polar surface area (TPSA) is 52.6 Å². The fourth-order valence-electron chi connectivity index (χ4n) is 4.35. The number of carbonyl (C=O) groups is 1. The van der Waals surface area contributed by atoms with Crippen molar-refractivity contribution in [1.29, 1.82) is 0 Å². The molecule has 0 aliphatic heterocycles. The molecule has 2 aliphatic rings. The molecule has 0 aromatic heterocycles. The van der Waals surface area contributed by atoms with E-state index in [0.717, 1.165) is 38.8 Å². The lowest BCUT2D eigenvalue weighted by Crippen LogP contribution is -2.59. The van der Waals surface area contributed by atoms with Gasteiger partial charge in [-0.2, -0.15) is 0 Å². The molecule has 4 nitrogen and oxygen atoms in total. The number of hydrogen-bond donors (Lipinski definition) is 2. The molecule has 2 aliphatic carbocycles. The van der Waals surface area contributed by atoms with Gasteiger partial charge in [0.1, 0.15) is 5.54 Å². The van der Waals surface area contributed by atoms with Crippen molar-refractivity contribution in [2.45, 2.75) is 82.8 Å². The van der Waals surface area contributed by atoms with Gasteiger partial charge in [-0.15, -0.1) is 0 Å². The van der Waals surface area contributed by atoms with Gasteiger partial charge in [0.15, 0.2) is 0 Å². The van der Waals surface area contributed by atoms with E-state index in [2.05, 4.69) is 17.1 Å². The number of rotatable bonds is 6. The third kappa shape index (κ3) is 3.17. The highest BCUT2D eigenvalue weighted by molar-refractivity contribution is 5.79. The van der Waals surface area contributed by atoms with Gasteiger partial charge in [-0.3, -0.25) is 9.69 Å². The van der Waals surface area contributed by atoms with Crippen LogP contribution in [0.15, 0.2) is 0 Å². The maximum atomic E-state index is 11.8. The van der Waals surface area contributed by atoms with Crippen molar-refractivity contribution in [1.82, 2.24) is 10.2 Å². The molecule has 2 saturated carbocycles. The lowest BCUT2D eigenvalue weighted by Gasteiger charge is -2.44. The molecule has 0 spiro atoms. The Morgan fingerprint density at radius 1 is 1.20 bits per heavy atom. The average molecular weight is 282 g/mol. The van der Waals surface area contributed by atoms with E-state index in [1.54, 1.807) is 0 Å². The van der Waals surface area contributed by atoms with Crippen LogP contribution in [-0.2, 0) is 4.79 Å². The highest BCUT2D eigenvalue weighted by Crippen LogP contribution is 2.35. The predicted molar refractivity (Wildman–Crippen MR) is 80.9 cm³/mol. The largest absolute Gasteiger partial charge is 0.480 e. The predicted octanol–water partition coefficient (Wildman–Crippen LogP) is 2.63. The van der Waals surface area contributed by atoms with Crippen molar-refractivity contribution in [2.75, 3.05) is 13.1 Å². The van der Waals surface area contributed by atoms with E-state index in [1.807, 2.05) is 6.92 Å². The number of aliphatic carboxylic acids is 1. The monoisotopic (exact) mass is 282 g/mol. The zero-order valence-corrected chi connectivity index (χ0v) is 13.0. The molecule has 2 unspecified atom stereocenters. The summed E-state index contributed by atoms with van der Waals surface area (Å²) in [6.45, 7) is 6.01. The lowest BCUT2D eigenvalue weighted by atomic mass is 9.78. The molecule has 0 bridgehead atoms. The zero-order chi connectivity index (χ0) is 14.6. The Labute approximate surface area is 122 Å². The van der Waals surface area contributed by atoms with Crippen LogP contribution >= 0.6 is 0 Å². The van der Waals surface area contributed by atoms with Gasteiger partial charge in [0, 0.05) is 12.1 Å². The fourth-order valence-corrected chi connectivity index (χ4v) is 4.35. The number of hydrogen-bond acceptors (Lipinski definition) is 3. The van der Waals surface area contributed by atoms with Crippen molar-refractivity contribution in [2.24, 2.45) is 0 Å². The maximum Gasteiger partial charge on any atom is 0.323 e. The van der Waals surface area contributed by atoms with Gasteiger partial charge in [0.25, 0.3) is 0 Å². The number of likely N-dealkylation sites (N-methyl/N-ethyl adjacent to an activating group) is 1. The molecular formula is C16H30N2O2. The summed E-state index contributed by atoms with van der Waals surface area (Å²) in [4.78, 5) is 14.4. The molecule has 0 aromatic rings. The van der Waals surface area contributed by atoms with E-state index < -0.39 is 11.5 Å². The molecule has 0 saturated heterocycles. The van der Waals surface area contributed by atoms with Crippen LogP contribution in [0.4, 0.5) is 0 Å². The Bertz CT molecular complexity index is 324. The van der Waals surface area contributed by atoms with E-state index in [1.165, 1.54) is 25.7 Å². The quantitative estimate of drug-likeness (QED) is 0.786. The normalized spacial score (nSPS) is 31.9. The molecule has 2 atom stereocenters. The molecule has 116 valence electrons. The minimum absolute atomic E-state index is 0.437. The third-order valence-corrected chi connectivity index (χ3v) is 5.28. The minimum Gasteiger partial charge on any atom is -0.480 e. The van der Waals surface area contributed by atoms with Crippen LogP contribution in [0, 0.1) is 0 Å². The molecule has 0 aromatic carbocycles. The van der Waals surface area contributed by atoms with Gasteiger partial charge in [-0.25, -0.2) is 0 Å². The Kier molecular flexibility index (Phi) is 5.44. The second-order valence-corrected chi connectivity index (χ2v) is 6.44. The van der Waals surface area contributed by atoms with Gasteiger partial charge in [0.05, 0.1) is 0 Å². The lowest BCUT2D eigenvalue weighted by molar-refractivity contribution is -0.147. The maximum absolute atomic E-state index is 11.8. The summed E-state index contributed by atoms with van der Waals surface area (Å²) in [5.41, 5.74) is -0.691. The molecule has 2 rings (SSSR count). The Hall–Kier alpha value is -0.610. The summed E-state index contributed by atoms with van der Waals surface area (Å²) in [6.07, 6.45) is 8.99. The van der Waals surface area contributed by atoms with Crippen molar-refractivity contribution in [3.63, 3.8) is 0 Å². The van der Waals surface area contributed by atoms with Crippen LogP contribution in [0.25, 0.3) is 0 Å². The van der Waals surface area contributed by atoms with Crippen LogP contribution in [-0.4, -0.2) is 46.7 Å². The summed E-state index contributed by atoms with van der Waals surface area (Å²) in [6, 6.07) is 1.13. The second kappa shape index (κ2) is 6.90. The van der Waals surface area contributed by atoms with Gasteiger partial charge in [-0.05, 0) is 51.6 Å². The molecule has 0 radical (unpaired) electrons.